The number of carbonyl (C=O) groups is 1. The highest BCUT2D eigenvalue weighted by Crippen LogP contribution is 2.84. The second-order valence-electron chi connectivity index (χ2n) is 8.21. The minimum Gasteiger partial charge on any atom is -0.508 e. The number of likely N-dealkylation sites (tertiary alicyclic amines) is 1. The summed E-state index contributed by atoms with van der Waals surface area (Å²) in [6.45, 7) is 2.43. The van der Waals surface area contributed by atoms with Crippen molar-refractivity contribution in [2.45, 2.75) is 49.6 Å². The lowest BCUT2D eigenvalue weighted by Gasteiger charge is -2.88. The number of aromatic hydroxyl groups is 1. The standard InChI is InChI=1S/C18H19NO2/c1-16-14-5-9-3-4-12(20)10-6-11-13(21)7-17(16,19(14)2)8-18(11,16)15(9)10/h3-4,11,14,20H,5-8H2,1-2H3/t11-,14+,16+,17?,18+/m0/s1. The molecule has 0 aromatic heterocycles. The van der Waals surface area contributed by atoms with Gasteiger partial charge in [-0.15, -0.1) is 0 Å². The molecular weight excluding hydrogens is 262 g/mol. The van der Waals surface area contributed by atoms with Gasteiger partial charge in [0.15, 0.2) is 0 Å². The van der Waals surface area contributed by atoms with Crippen molar-refractivity contribution in [2.75, 3.05) is 7.05 Å². The first kappa shape index (κ1) is 11.2. The molecular formula is C18H19NO2. The van der Waals surface area contributed by atoms with Gasteiger partial charge in [0.05, 0.1) is 0 Å². The minimum atomic E-state index is 0.0428. The fourth-order valence-electron chi connectivity index (χ4n) is 7.58. The van der Waals surface area contributed by atoms with Gasteiger partial charge in [0.1, 0.15) is 11.5 Å². The number of ketones is 1. The highest BCUT2D eigenvalue weighted by Gasteiger charge is 2.89. The molecule has 1 aromatic rings. The normalized spacial score (nSPS) is 51.2. The van der Waals surface area contributed by atoms with E-state index >= 15 is 0 Å². The average molecular weight is 281 g/mol. The molecule has 1 unspecified atom stereocenters. The lowest BCUT2D eigenvalue weighted by atomic mass is 9.24. The van der Waals surface area contributed by atoms with E-state index in [1.54, 1.807) is 0 Å². The minimum absolute atomic E-state index is 0.0428. The van der Waals surface area contributed by atoms with Crippen LogP contribution >= 0.6 is 0 Å². The smallest absolute Gasteiger partial charge is 0.139 e. The topological polar surface area (TPSA) is 40.5 Å². The van der Waals surface area contributed by atoms with Crippen LogP contribution in [0.1, 0.15) is 36.5 Å². The Labute approximate surface area is 123 Å². The number of carbonyl (C=O) groups excluding carboxylic acids is 1. The van der Waals surface area contributed by atoms with Crippen molar-refractivity contribution in [2.24, 2.45) is 11.3 Å². The fourth-order valence-corrected chi connectivity index (χ4v) is 7.58. The highest BCUT2D eigenvalue weighted by atomic mass is 16.3. The molecule has 3 fully saturated rings. The first-order chi connectivity index (χ1) is 9.97. The number of phenols is 1. The molecule has 5 aliphatic rings. The summed E-state index contributed by atoms with van der Waals surface area (Å²) in [6, 6.07) is 4.53. The number of piperidine rings is 1. The zero-order chi connectivity index (χ0) is 14.4. The van der Waals surface area contributed by atoms with Crippen molar-refractivity contribution in [1.29, 1.82) is 0 Å². The molecule has 4 aliphatic carbocycles. The van der Waals surface area contributed by atoms with Gasteiger partial charge in [-0.05, 0) is 49.1 Å². The van der Waals surface area contributed by atoms with Crippen molar-refractivity contribution in [3.63, 3.8) is 0 Å². The van der Waals surface area contributed by atoms with Crippen molar-refractivity contribution >= 4 is 5.78 Å². The average Bonchev–Trinajstić information content (AvgIpc) is 2.83. The maximum absolute atomic E-state index is 12.8. The Kier molecular flexibility index (Phi) is 1.43. The number of rotatable bonds is 0. The van der Waals surface area contributed by atoms with Gasteiger partial charge in [0.2, 0.25) is 0 Å². The predicted octanol–water partition coefficient (Wildman–Crippen LogP) is 1.79. The molecule has 0 amide bonds. The number of hydrogen-bond donors (Lipinski definition) is 1. The molecule has 1 aliphatic heterocycles. The van der Waals surface area contributed by atoms with Crippen molar-refractivity contribution in [3.8, 4) is 5.75 Å². The number of likely N-dealkylation sites (N-methyl/N-ethyl adjacent to an activating group) is 1. The van der Waals surface area contributed by atoms with Crippen LogP contribution < -0.4 is 0 Å². The van der Waals surface area contributed by atoms with E-state index in [4.69, 9.17) is 0 Å². The van der Waals surface area contributed by atoms with Crippen LogP contribution in [0.4, 0.5) is 0 Å². The third kappa shape index (κ3) is 0.722. The van der Waals surface area contributed by atoms with E-state index in [1.165, 1.54) is 11.1 Å². The van der Waals surface area contributed by atoms with Crippen LogP contribution in [0.5, 0.6) is 5.75 Å². The number of phenolic OH excluding ortho intramolecular Hbond substituents is 1. The van der Waals surface area contributed by atoms with Crippen molar-refractivity contribution in [3.05, 3.63) is 28.8 Å². The van der Waals surface area contributed by atoms with Crippen LogP contribution in [-0.2, 0) is 23.1 Å². The third-order valence-electron chi connectivity index (χ3n) is 8.37. The van der Waals surface area contributed by atoms with Gasteiger partial charge in [0, 0.05) is 34.7 Å². The molecule has 1 N–H and O–H groups in total. The maximum Gasteiger partial charge on any atom is 0.139 e. The predicted molar refractivity (Wildman–Crippen MR) is 77.3 cm³/mol. The number of Topliss-reactive ketones (excluding diaryl/α,β-unsaturated/α-hetero) is 1. The Morgan fingerprint density at radius 1 is 1.33 bits per heavy atom. The fraction of sp³-hybridized carbons (Fsp3) is 0.611. The molecule has 6 rings (SSSR count). The molecule has 1 heterocycles. The summed E-state index contributed by atoms with van der Waals surface area (Å²) in [4.78, 5) is 15.3. The molecule has 3 heteroatoms. The van der Waals surface area contributed by atoms with Gasteiger partial charge in [-0.1, -0.05) is 13.0 Å². The first-order valence-corrected chi connectivity index (χ1v) is 8.07. The molecule has 2 spiro atoms. The molecule has 3 nitrogen and oxygen atoms in total. The molecule has 0 radical (unpaired) electrons. The van der Waals surface area contributed by atoms with Gasteiger partial charge in [-0.25, -0.2) is 0 Å². The van der Waals surface area contributed by atoms with E-state index < -0.39 is 0 Å². The molecule has 2 bridgehead atoms. The summed E-state index contributed by atoms with van der Waals surface area (Å²) in [7, 11) is 2.22. The highest BCUT2D eigenvalue weighted by molar-refractivity contribution is 5.92. The van der Waals surface area contributed by atoms with E-state index in [1.807, 2.05) is 6.07 Å². The number of hydrogen-bond acceptors (Lipinski definition) is 3. The maximum atomic E-state index is 12.8. The van der Waals surface area contributed by atoms with E-state index in [2.05, 4.69) is 24.9 Å². The Morgan fingerprint density at radius 2 is 2.14 bits per heavy atom. The summed E-state index contributed by atoms with van der Waals surface area (Å²) < 4.78 is 0. The quantitative estimate of drug-likeness (QED) is 0.788. The monoisotopic (exact) mass is 281 g/mol. The summed E-state index contributed by atoms with van der Waals surface area (Å²) in [5, 5.41) is 10.3. The Bertz CT molecular complexity index is 771. The molecule has 2 saturated carbocycles. The molecule has 108 valence electrons. The lowest BCUT2D eigenvalue weighted by Crippen LogP contribution is -2.96. The van der Waals surface area contributed by atoms with Crippen LogP contribution in [0.3, 0.4) is 0 Å². The largest absolute Gasteiger partial charge is 0.508 e. The van der Waals surface area contributed by atoms with Gasteiger partial charge in [-0.3, -0.25) is 9.69 Å². The summed E-state index contributed by atoms with van der Waals surface area (Å²) in [5.41, 5.74) is 4.28. The van der Waals surface area contributed by atoms with Crippen LogP contribution in [-0.4, -0.2) is 34.4 Å². The molecule has 1 aromatic carbocycles. The molecule has 1 saturated heterocycles. The Balaban J connectivity index is 1.75. The zero-order valence-corrected chi connectivity index (χ0v) is 12.4. The summed E-state index contributed by atoms with van der Waals surface area (Å²) >= 11 is 0. The van der Waals surface area contributed by atoms with E-state index in [-0.39, 0.29) is 22.3 Å². The van der Waals surface area contributed by atoms with E-state index in [0.29, 0.717) is 17.6 Å². The van der Waals surface area contributed by atoms with Crippen LogP contribution in [0.15, 0.2) is 12.1 Å². The van der Waals surface area contributed by atoms with Crippen LogP contribution in [0, 0.1) is 11.3 Å². The second-order valence-corrected chi connectivity index (χ2v) is 8.21. The van der Waals surface area contributed by atoms with Crippen LogP contribution in [0.25, 0.3) is 0 Å². The van der Waals surface area contributed by atoms with Gasteiger partial charge >= 0.3 is 0 Å². The molecule has 21 heavy (non-hydrogen) atoms. The van der Waals surface area contributed by atoms with Crippen LogP contribution in [0.2, 0.25) is 0 Å². The van der Waals surface area contributed by atoms with Gasteiger partial charge in [-0.2, -0.15) is 0 Å². The number of nitrogens with zero attached hydrogens (tertiary/aromatic N) is 1. The van der Waals surface area contributed by atoms with E-state index in [0.717, 1.165) is 31.2 Å². The second kappa shape index (κ2) is 2.67. The first-order valence-electron chi connectivity index (χ1n) is 8.07. The van der Waals surface area contributed by atoms with E-state index in [9.17, 15) is 9.90 Å². The lowest BCUT2D eigenvalue weighted by molar-refractivity contribution is -0.339. The van der Waals surface area contributed by atoms with Gasteiger partial charge in [0.25, 0.3) is 0 Å². The summed E-state index contributed by atoms with van der Waals surface area (Å²) in [5.74, 6) is 0.980. The SMILES string of the molecule is CN1[C@@H]2Cc3ccc(O)c4c3[C@@]35CC1(CC(=O)[C@@H]3C4)[C@@]25C. The van der Waals surface area contributed by atoms with Crippen molar-refractivity contribution in [1.82, 2.24) is 4.90 Å². The number of benzene rings is 1. The summed E-state index contributed by atoms with van der Waals surface area (Å²) in [6.07, 6.45) is 3.71. The van der Waals surface area contributed by atoms with Crippen molar-refractivity contribution < 1.29 is 9.90 Å². The zero-order valence-electron chi connectivity index (χ0n) is 12.4. The van der Waals surface area contributed by atoms with Gasteiger partial charge < -0.3 is 5.11 Å². The molecule has 5 atom stereocenters. The Morgan fingerprint density at radius 3 is 2.95 bits per heavy atom. The Hall–Kier alpha value is -1.35. The third-order valence-corrected chi connectivity index (χ3v) is 8.37.